The summed E-state index contributed by atoms with van der Waals surface area (Å²) in [6.07, 6.45) is 3.26. The highest BCUT2D eigenvalue weighted by Gasteiger charge is 2.11. The molecule has 0 aliphatic heterocycles. The Hall–Kier alpha value is -2.24. The summed E-state index contributed by atoms with van der Waals surface area (Å²) in [4.78, 5) is 25.0. The van der Waals surface area contributed by atoms with Crippen LogP contribution < -0.4 is 4.74 Å². The van der Waals surface area contributed by atoms with E-state index in [4.69, 9.17) is 4.74 Å². The minimum Gasteiger partial charge on any atom is -0.404 e. The Kier molecular flexibility index (Phi) is 4.33. The molecule has 0 aromatic carbocycles. The molecule has 0 saturated heterocycles. The molecule has 1 rings (SSSR count). The third-order valence-corrected chi connectivity index (χ3v) is 2.12. The van der Waals surface area contributed by atoms with Crippen LogP contribution in [-0.2, 0) is 4.79 Å². The zero-order valence-corrected chi connectivity index (χ0v) is 9.54. The molecule has 0 atom stereocenters. The number of carbonyl (C=O) groups excluding carboxylic acids is 1. The SMILES string of the molecule is CC=C(CC)C(=O)Oc1ccc([N+](=O)[O-])cn1. The van der Waals surface area contributed by atoms with Gasteiger partial charge in [-0.25, -0.2) is 9.78 Å². The van der Waals surface area contributed by atoms with Crippen molar-refractivity contribution in [3.05, 3.63) is 40.1 Å². The van der Waals surface area contributed by atoms with Crippen molar-refractivity contribution in [2.75, 3.05) is 0 Å². The molecule has 1 aromatic rings. The first-order valence-corrected chi connectivity index (χ1v) is 5.06. The molecule has 0 N–H and O–H groups in total. The van der Waals surface area contributed by atoms with Gasteiger partial charge in [-0.05, 0) is 13.3 Å². The van der Waals surface area contributed by atoms with Crippen LogP contribution in [-0.4, -0.2) is 15.9 Å². The summed E-state index contributed by atoms with van der Waals surface area (Å²) in [7, 11) is 0. The third kappa shape index (κ3) is 3.37. The summed E-state index contributed by atoms with van der Waals surface area (Å²) in [5.74, 6) is -0.440. The highest BCUT2D eigenvalue weighted by molar-refractivity contribution is 5.89. The molecule has 0 bridgehead atoms. The van der Waals surface area contributed by atoms with Gasteiger partial charge in [0.05, 0.1) is 4.92 Å². The number of nitro groups is 1. The number of rotatable bonds is 4. The van der Waals surface area contributed by atoms with Gasteiger partial charge in [0, 0.05) is 17.7 Å². The van der Waals surface area contributed by atoms with Crippen LogP contribution >= 0.6 is 0 Å². The molecule has 6 heteroatoms. The van der Waals surface area contributed by atoms with Crippen molar-refractivity contribution >= 4 is 11.7 Å². The zero-order valence-electron chi connectivity index (χ0n) is 9.54. The number of nitrogens with zero attached hydrogens (tertiary/aromatic N) is 2. The van der Waals surface area contributed by atoms with Gasteiger partial charge in [0.25, 0.3) is 5.69 Å². The molecule has 1 heterocycles. The molecule has 0 fully saturated rings. The predicted molar refractivity (Wildman–Crippen MR) is 60.6 cm³/mol. The Bertz CT molecular complexity index is 451. The molecule has 17 heavy (non-hydrogen) atoms. The Morgan fingerprint density at radius 1 is 1.59 bits per heavy atom. The fourth-order valence-electron chi connectivity index (χ4n) is 1.17. The maximum Gasteiger partial charge on any atom is 0.340 e. The van der Waals surface area contributed by atoms with Crippen molar-refractivity contribution in [1.29, 1.82) is 0 Å². The van der Waals surface area contributed by atoms with E-state index in [-0.39, 0.29) is 11.6 Å². The lowest BCUT2D eigenvalue weighted by Crippen LogP contribution is -2.11. The Balaban J connectivity index is 2.76. The maximum atomic E-state index is 11.5. The van der Waals surface area contributed by atoms with E-state index in [1.807, 2.05) is 6.92 Å². The molecular weight excluding hydrogens is 224 g/mol. The number of esters is 1. The minimum absolute atomic E-state index is 0.0494. The lowest BCUT2D eigenvalue weighted by atomic mass is 10.2. The fraction of sp³-hybridized carbons (Fsp3) is 0.273. The van der Waals surface area contributed by atoms with E-state index in [2.05, 4.69) is 4.98 Å². The van der Waals surface area contributed by atoms with Gasteiger partial charge in [-0.3, -0.25) is 10.1 Å². The van der Waals surface area contributed by atoms with Crippen LogP contribution in [0.25, 0.3) is 0 Å². The highest BCUT2D eigenvalue weighted by Crippen LogP contribution is 2.15. The Morgan fingerprint density at radius 3 is 2.71 bits per heavy atom. The first-order valence-electron chi connectivity index (χ1n) is 5.06. The van der Waals surface area contributed by atoms with Crippen LogP contribution in [0.4, 0.5) is 5.69 Å². The van der Waals surface area contributed by atoms with E-state index in [0.29, 0.717) is 12.0 Å². The Labute approximate surface area is 98.1 Å². The van der Waals surface area contributed by atoms with Gasteiger partial charge in [-0.15, -0.1) is 0 Å². The summed E-state index contributed by atoms with van der Waals surface area (Å²) >= 11 is 0. The number of allylic oxidation sites excluding steroid dienone is 1. The van der Waals surface area contributed by atoms with Gasteiger partial charge in [0.1, 0.15) is 6.20 Å². The van der Waals surface area contributed by atoms with Gasteiger partial charge in [0.2, 0.25) is 5.88 Å². The molecule has 0 aliphatic rings. The molecule has 90 valence electrons. The summed E-state index contributed by atoms with van der Waals surface area (Å²) in [6.45, 7) is 3.57. The second-order valence-corrected chi connectivity index (χ2v) is 3.17. The number of aromatic nitrogens is 1. The van der Waals surface area contributed by atoms with Gasteiger partial charge in [-0.2, -0.15) is 0 Å². The Morgan fingerprint density at radius 2 is 2.29 bits per heavy atom. The van der Waals surface area contributed by atoms with Crippen LogP contribution in [0, 0.1) is 10.1 Å². The maximum absolute atomic E-state index is 11.5. The number of pyridine rings is 1. The third-order valence-electron chi connectivity index (χ3n) is 2.12. The fourth-order valence-corrected chi connectivity index (χ4v) is 1.17. The van der Waals surface area contributed by atoms with E-state index in [0.717, 1.165) is 6.20 Å². The van der Waals surface area contributed by atoms with Crippen molar-refractivity contribution in [3.8, 4) is 5.88 Å². The molecule has 0 amide bonds. The number of hydrogen-bond donors (Lipinski definition) is 0. The van der Waals surface area contributed by atoms with E-state index in [9.17, 15) is 14.9 Å². The molecule has 0 radical (unpaired) electrons. The molecule has 6 nitrogen and oxygen atoms in total. The number of hydrogen-bond acceptors (Lipinski definition) is 5. The molecule has 0 unspecified atom stereocenters. The zero-order chi connectivity index (χ0) is 12.8. The standard InChI is InChI=1S/C11H12N2O4/c1-3-8(4-2)11(14)17-10-6-5-9(7-12-10)13(15)16/h3,5-7H,4H2,1-2H3. The van der Waals surface area contributed by atoms with Crippen LogP contribution in [0.1, 0.15) is 20.3 Å². The molecule has 0 spiro atoms. The van der Waals surface area contributed by atoms with Crippen LogP contribution in [0.2, 0.25) is 0 Å². The summed E-state index contributed by atoms with van der Waals surface area (Å²) < 4.78 is 4.95. The number of carbonyl (C=O) groups is 1. The first-order chi connectivity index (χ1) is 8.08. The average Bonchev–Trinajstić information content (AvgIpc) is 2.31. The van der Waals surface area contributed by atoms with E-state index < -0.39 is 10.9 Å². The van der Waals surface area contributed by atoms with Gasteiger partial charge in [-0.1, -0.05) is 13.0 Å². The average molecular weight is 236 g/mol. The van der Waals surface area contributed by atoms with Crippen LogP contribution in [0.5, 0.6) is 5.88 Å². The topological polar surface area (TPSA) is 82.3 Å². The van der Waals surface area contributed by atoms with Crippen molar-refractivity contribution in [2.45, 2.75) is 20.3 Å². The van der Waals surface area contributed by atoms with Gasteiger partial charge in [0.15, 0.2) is 0 Å². The second kappa shape index (κ2) is 5.74. The van der Waals surface area contributed by atoms with Crippen molar-refractivity contribution in [1.82, 2.24) is 4.98 Å². The lowest BCUT2D eigenvalue weighted by molar-refractivity contribution is -0.385. The highest BCUT2D eigenvalue weighted by atomic mass is 16.6. The van der Waals surface area contributed by atoms with Gasteiger partial charge >= 0.3 is 5.97 Å². The number of ether oxygens (including phenoxy) is 1. The van der Waals surface area contributed by atoms with E-state index in [1.54, 1.807) is 13.0 Å². The molecule has 0 saturated carbocycles. The van der Waals surface area contributed by atoms with Crippen LogP contribution in [0.3, 0.4) is 0 Å². The smallest absolute Gasteiger partial charge is 0.340 e. The van der Waals surface area contributed by atoms with Crippen molar-refractivity contribution in [2.24, 2.45) is 0 Å². The quantitative estimate of drug-likeness (QED) is 0.346. The minimum atomic E-state index is -0.567. The second-order valence-electron chi connectivity index (χ2n) is 3.17. The summed E-state index contributed by atoms with van der Waals surface area (Å²) in [6, 6.07) is 2.52. The largest absolute Gasteiger partial charge is 0.404 e. The molecular formula is C11H12N2O4. The summed E-state index contributed by atoms with van der Waals surface area (Å²) in [5, 5.41) is 10.4. The molecule has 0 aliphatic carbocycles. The molecule has 1 aromatic heterocycles. The lowest BCUT2D eigenvalue weighted by Gasteiger charge is -2.04. The van der Waals surface area contributed by atoms with Gasteiger partial charge < -0.3 is 4.74 Å². The monoisotopic (exact) mass is 236 g/mol. The summed E-state index contributed by atoms with van der Waals surface area (Å²) in [5.41, 5.74) is 0.386. The normalized spacial score (nSPS) is 11.1. The van der Waals surface area contributed by atoms with E-state index in [1.165, 1.54) is 12.1 Å². The van der Waals surface area contributed by atoms with Crippen molar-refractivity contribution < 1.29 is 14.5 Å². The van der Waals surface area contributed by atoms with E-state index >= 15 is 0 Å². The predicted octanol–water partition coefficient (Wildman–Crippen LogP) is 2.25. The first kappa shape index (κ1) is 12.8. The van der Waals surface area contributed by atoms with Crippen LogP contribution in [0.15, 0.2) is 30.0 Å². The van der Waals surface area contributed by atoms with Crippen molar-refractivity contribution in [3.63, 3.8) is 0 Å².